The Morgan fingerprint density at radius 3 is 1.67 bits per heavy atom. The first-order chi connectivity index (χ1) is 23.8. The van der Waals surface area contributed by atoms with Crippen molar-refractivity contribution in [1.82, 2.24) is 0 Å². The molecule has 0 aliphatic carbocycles. The quantitative estimate of drug-likeness (QED) is 0.178. The topological polar surface area (TPSA) is 49.4 Å². The fourth-order valence-electron chi connectivity index (χ4n) is 6.48. The van der Waals surface area contributed by atoms with Crippen LogP contribution in [-0.2, 0) is 4.74 Å². The van der Waals surface area contributed by atoms with Crippen molar-refractivity contribution < 1.29 is 9.15 Å². The first-order valence-electron chi connectivity index (χ1n) is 15.9. The van der Waals surface area contributed by atoms with Crippen LogP contribution in [0.3, 0.4) is 0 Å². The van der Waals surface area contributed by atoms with E-state index in [1.807, 2.05) is 115 Å². The van der Waals surface area contributed by atoms with Crippen LogP contribution in [0.15, 0.2) is 186 Å². The zero-order valence-corrected chi connectivity index (χ0v) is 26.0. The van der Waals surface area contributed by atoms with Gasteiger partial charge in [-0.2, -0.15) is 5.26 Å². The van der Waals surface area contributed by atoms with E-state index >= 15 is 0 Å². The Balaban J connectivity index is 1.31. The van der Waals surface area contributed by atoms with Gasteiger partial charge in [0.2, 0.25) is 0 Å². The molecule has 48 heavy (non-hydrogen) atoms. The molecule has 6 aromatic carbocycles. The highest BCUT2D eigenvalue weighted by Crippen LogP contribution is 2.51. The summed E-state index contributed by atoms with van der Waals surface area (Å²) in [7, 11) is 0. The first kappa shape index (κ1) is 28.9. The molecule has 2 heterocycles. The summed E-state index contributed by atoms with van der Waals surface area (Å²) in [5.74, 6) is 1.33. The number of fused-ring (bicyclic) bond motifs is 1. The van der Waals surface area contributed by atoms with E-state index in [-0.39, 0.29) is 0 Å². The van der Waals surface area contributed by atoms with Gasteiger partial charge in [-0.3, -0.25) is 0 Å². The molecule has 0 saturated carbocycles. The van der Waals surface area contributed by atoms with E-state index < -0.39 is 5.92 Å². The molecule has 8 rings (SSSR count). The average Bonchev–Trinajstić information content (AvgIpc) is 3.60. The molecular formula is C44H30N2O2. The number of nitriles is 1. The van der Waals surface area contributed by atoms with Gasteiger partial charge in [0.25, 0.3) is 0 Å². The average molecular weight is 619 g/mol. The summed E-state index contributed by atoms with van der Waals surface area (Å²) >= 11 is 0. The lowest BCUT2D eigenvalue weighted by Crippen LogP contribution is -2.16. The third-order valence-corrected chi connectivity index (χ3v) is 8.67. The van der Waals surface area contributed by atoms with E-state index in [0.29, 0.717) is 22.9 Å². The van der Waals surface area contributed by atoms with Crippen molar-refractivity contribution in [3.63, 3.8) is 0 Å². The van der Waals surface area contributed by atoms with E-state index in [0.717, 1.165) is 50.3 Å². The maximum atomic E-state index is 10.9. The van der Waals surface area contributed by atoms with Crippen LogP contribution in [0, 0.1) is 11.3 Å². The second-order valence-corrected chi connectivity index (χ2v) is 11.6. The number of nitrogens with zero attached hydrogens (tertiary/aromatic N) is 2. The Labute approximate surface area is 279 Å². The van der Waals surface area contributed by atoms with E-state index in [1.165, 1.54) is 0 Å². The first-order valence-corrected chi connectivity index (χ1v) is 15.9. The molecule has 0 amide bonds. The van der Waals surface area contributed by atoms with Gasteiger partial charge in [0.05, 0.1) is 17.6 Å². The zero-order valence-electron chi connectivity index (χ0n) is 26.0. The number of hydrogen-bond acceptors (Lipinski definition) is 4. The van der Waals surface area contributed by atoms with Gasteiger partial charge in [-0.1, -0.05) is 115 Å². The van der Waals surface area contributed by atoms with Crippen LogP contribution < -0.4 is 4.90 Å². The Hall–Kier alpha value is -6.57. The summed E-state index contributed by atoms with van der Waals surface area (Å²) in [6, 6.07) is 61.7. The van der Waals surface area contributed by atoms with Crippen LogP contribution in [0.4, 0.5) is 17.1 Å². The van der Waals surface area contributed by atoms with Gasteiger partial charge >= 0.3 is 0 Å². The number of benzene rings is 6. The lowest BCUT2D eigenvalue weighted by molar-refractivity contribution is 0.433. The number of rotatable bonds is 7. The summed E-state index contributed by atoms with van der Waals surface area (Å²) in [4.78, 5) is 2.21. The SMILES string of the molecule is N#CC1=C(c2ccc(N(c3ccccc3)c3ccccc3)cc2)OC(c2cc3ccccc3o2)=C(c2ccccc2)[C@H]1c1ccccc1. The molecular weight excluding hydrogens is 588 g/mol. The molecule has 4 heteroatoms. The fraction of sp³-hybridized carbons (Fsp3) is 0.0227. The lowest BCUT2D eigenvalue weighted by atomic mass is 9.78. The number of ether oxygens (including phenoxy) is 1. The summed E-state index contributed by atoms with van der Waals surface area (Å²) in [6.45, 7) is 0. The molecule has 1 aromatic heterocycles. The third-order valence-electron chi connectivity index (χ3n) is 8.67. The zero-order chi connectivity index (χ0) is 32.3. The van der Waals surface area contributed by atoms with Crippen molar-refractivity contribution in [2.24, 2.45) is 0 Å². The predicted octanol–water partition coefficient (Wildman–Crippen LogP) is 11.5. The summed E-state index contributed by atoms with van der Waals surface area (Å²) in [5, 5.41) is 11.9. The highest BCUT2D eigenvalue weighted by Gasteiger charge is 2.36. The molecule has 7 aromatic rings. The molecule has 4 nitrogen and oxygen atoms in total. The van der Waals surface area contributed by atoms with Gasteiger partial charge < -0.3 is 14.1 Å². The Morgan fingerprint density at radius 2 is 1.06 bits per heavy atom. The maximum Gasteiger partial charge on any atom is 0.174 e. The van der Waals surface area contributed by atoms with Crippen molar-refractivity contribution >= 4 is 45.1 Å². The van der Waals surface area contributed by atoms with Gasteiger partial charge in [-0.15, -0.1) is 0 Å². The number of allylic oxidation sites excluding steroid dienone is 2. The molecule has 0 unspecified atom stereocenters. The fourth-order valence-corrected chi connectivity index (χ4v) is 6.48. The summed E-state index contributed by atoms with van der Waals surface area (Å²) < 4.78 is 13.4. The van der Waals surface area contributed by atoms with Crippen molar-refractivity contribution in [2.75, 3.05) is 4.90 Å². The van der Waals surface area contributed by atoms with Gasteiger partial charge in [0.15, 0.2) is 11.5 Å². The molecule has 0 radical (unpaired) electrons. The molecule has 0 saturated heterocycles. The Morgan fingerprint density at radius 1 is 0.521 bits per heavy atom. The van der Waals surface area contributed by atoms with Crippen LogP contribution in [0.1, 0.15) is 28.4 Å². The molecule has 228 valence electrons. The Bertz CT molecular complexity index is 2230. The predicted molar refractivity (Wildman–Crippen MR) is 193 cm³/mol. The van der Waals surface area contributed by atoms with E-state index in [1.54, 1.807) is 0 Å². The Kier molecular flexibility index (Phi) is 7.62. The smallest absolute Gasteiger partial charge is 0.174 e. The van der Waals surface area contributed by atoms with Gasteiger partial charge in [0.1, 0.15) is 11.3 Å². The minimum Gasteiger partial charge on any atom is -0.453 e. The molecule has 1 atom stereocenters. The van der Waals surface area contributed by atoms with Crippen molar-refractivity contribution in [3.8, 4) is 6.07 Å². The number of hydrogen-bond donors (Lipinski definition) is 0. The van der Waals surface area contributed by atoms with Crippen LogP contribution in [0.5, 0.6) is 0 Å². The molecule has 1 aliphatic rings. The number of furan rings is 1. The molecule has 0 spiro atoms. The minimum absolute atomic E-state index is 0.393. The molecule has 0 fully saturated rings. The van der Waals surface area contributed by atoms with Crippen LogP contribution in [0.25, 0.3) is 28.1 Å². The lowest BCUT2D eigenvalue weighted by Gasteiger charge is -2.31. The second kappa shape index (κ2) is 12.7. The van der Waals surface area contributed by atoms with Crippen LogP contribution in [0.2, 0.25) is 0 Å². The summed E-state index contributed by atoms with van der Waals surface area (Å²) in [6.07, 6.45) is 0. The maximum absolute atomic E-state index is 10.9. The second-order valence-electron chi connectivity index (χ2n) is 11.6. The van der Waals surface area contributed by atoms with Gasteiger partial charge in [-0.25, -0.2) is 0 Å². The largest absolute Gasteiger partial charge is 0.453 e. The molecule has 1 aliphatic heterocycles. The van der Waals surface area contributed by atoms with Crippen molar-refractivity contribution in [3.05, 3.63) is 204 Å². The standard InChI is InChI=1S/C44H30N2O2/c45-30-38-41(31-15-5-1-6-16-31)42(32-17-7-2-8-18-32)44(40-29-34-19-13-14-24-39(34)47-40)48-43(38)33-25-27-37(28-26-33)46(35-20-9-3-10-21-35)36-22-11-4-12-23-36/h1-29,41H/t41-/m0/s1. The van der Waals surface area contributed by atoms with Crippen LogP contribution in [-0.4, -0.2) is 0 Å². The summed E-state index contributed by atoms with van der Waals surface area (Å²) in [5.41, 5.74) is 8.05. The van der Waals surface area contributed by atoms with E-state index in [4.69, 9.17) is 9.15 Å². The monoisotopic (exact) mass is 618 g/mol. The van der Waals surface area contributed by atoms with Gasteiger partial charge in [0, 0.05) is 33.6 Å². The van der Waals surface area contributed by atoms with Crippen LogP contribution >= 0.6 is 0 Å². The minimum atomic E-state index is -0.393. The van der Waals surface area contributed by atoms with Gasteiger partial charge in [-0.05, 0) is 71.8 Å². The third kappa shape index (κ3) is 5.34. The number of para-hydroxylation sites is 3. The normalized spacial score (nSPS) is 14.4. The highest BCUT2D eigenvalue weighted by atomic mass is 16.5. The van der Waals surface area contributed by atoms with E-state index in [2.05, 4.69) is 71.6 Å². The van der Waals surface area contributed by atoms with E-state index in [9.17, 15) is 5.26 Å². The molecule has 0 N–H and O–H groups in total. The van der Waals surface area contributed by atoms with Crippen molar-refractivity contribution in [2.45, 2.75) is 5.92 Å². The molecule has 0 bridgehead atoms. The highest BCUT2D eigenvalue weighted by molar-refractivity contribution is 5.99. The van der Waals surface area contributed by atoms with Crippen molar-refractivity contribution in [1.29, 1.82) is 5.26 Å². The number of anilines is 3.